The van der Waals surface area contributed by atoms with E-state index in [9.17, 15) is 0 Å². The Morgan fingerprint density at radius 3 is 1.45 bits per heavy atom. The van der Waals surface area contributed by atoms with Crippen LogP contribution in [0.4, 0.5) is 0 Å². The van der Waals surface area contributed by atoms with Gasteiger partial charge in [0.2, 0.25) is 0 Å². The Morgan fingerprint density at radius 2 is 0.837 bits per heavy atom. The lowest BCUT2D eigenvalue weighted by atomic mass is 9.85. The second-order valence-corrected chi connectivity index (χ2v) is 12.4. The summed E-state index contributed by atoms with van der Waals surface area (Å²) in [5.74, 6) is 0. The SMILES string of the molecule is [2H]c1c([2H])c([2H])c2c([2H])c3c(oc4ccc(-c5cccc(-c6c7ccccc7c(-c7cccc(-c8ccccc8)c7)c7ccccc67)c5)cc43)c([2H])c2c1[2H]. The molecule has 0 amide bonds. The summed E-state index contributed by atoms with van der Waals surface area (Å²) >= 11 is 0. The first-order valence-electron chi connectivity index (χ1n) is 19.4. The van der Waals surface area contributed by atoms with Crippen LogP contribution in [0.15, 0.2) is 186 Å². The molecular weight excluding hydrogens is 593 g/mol. The third-order valence-corrected chi connectivity index (χ3v) is 9.54. The summed E-state index contributed by atoms with van der Waals surface area (Å²) < 4.78 is 57.7. The fraction of sp³-hybridized carbons (Fsp3) is 0. The summed E-state index contributed by atoms with van der Waals surface area (Å²) in [4.78, 5) is 0. The minimum absolute atomic E-state index is 0.00940. The molecule has 9 aromatic carbocycles. The van der Waals surface area contributed by atoms with Gasteiger partial charge in [-0.15, -0.1) is 0 Å². The van der Waals surface area contributed by atoms with E-state index in [2.05, 4.69) is 121 Å². The van der Waals surface area contributed by atoms with Crippen molar-refractivity contribution in [1.82, 2.24) is 0 Å². The molecule has 228 valence electrons. The second kappa shape index (κ2) is 11.1. The number of fused-ring (bicyclic) bond motifs is 6. The minimum atomic E-state index is -0.435. The van der Waals surface area contributed by atoms with Crippen LogP contribution >= 0.6 is 0 Å². The molecule has 49 heavy (non-hydrogen) atoms. The fourth-order valence-corrected chi connectivity index (χ4v) is 7.32. The van der Waals surface area contributed by atoms with Crippen LogP contribution in [0.2, 0.25) is 0 Å². The molecule has 1 heterocycles. The molecule has 0 spiro atoms. The molecule has 0 aliphatic heterocycles. The number of hydrogen-bond donors (Lipinski definition) is 0. The van der Waals surface area contributed by atoms with E-state index in [1.807, 2.05) is 24.3 Å². The molecule has 0 aliphatic rings. The maximum absolute atomic E-state index is 9.15. The van der Waals surface area contributed by atoms with Crippen molar-refractivity contribution in [3.63, 3.8) is 0 Å². The highest BCUT2D eigenvalue weighted by Gasteiger charge is 2.18. The Kier molecular flexibility index (Phi) is 5.02. The predicted molar refractivity (Wildman–Crippen MR) is 208 cm³/mol. The van der Waals surface area contributed by atoms with Gasteiger partial charge in [-0.1, -0.05) is 145 Å². The van der Waals surface area contributed by atoms with Crippen LogP contribution in [-0.2, 0) is 0 Å². The van der Waals surface area contributed by atoms with Crippen molar-refractivity contribution in [2.24, 2.45) is 0 Å². The molecule has 0 saturated carbocycles. The van der Waals surface area contributed by atoms with Crippen molar-refractivity contribution < 1.29 is 12.6 Å². The first-order chi connectivity index (χ1) is 26.8. The van der Waals surface area contributed by atoms with E-state index in [0.29, 0.717) is 16.4 Å². The molecule has 1 heteroatoms. The molecule has 0 unspecified atom stereocenters. The van der Waals surface area contributed by atoms with E-state index in [4.69, 9.17) is 12.6 Å². The zero-order valence-corrected chi connectivity index (χ0v) is 26.3. The molecule has 10 aromatic rings. The lowest BCUT2D eigenvalue weighted by Crippen LogP contribution is -1.91. The minimum Gasteiger partial charge on any atom is -0.456 e. The van der Waals surface area contributed by atoms with Crippen molar-refractivity contribution >= 4 is 54.3 Å². The van der Waals surface area contributed by atoms with Gasteiger partial charge in [-0.05, 0) is 113 Å². The summed E-state index contributed by atoms with van der Waals surface area (Å²) in [6, 6.07) is 48.9. The van der Waals surface area contributed by atoms with E-state index in [-0.39, 0.29) is 40.5 Å². The van der Waals surface area contributed by atoms with Crippen LogP contribution in [-0.4, -0.2) is 0 Å². The number of hydrogen-bond acceptors (Lipinski definition) is 1. The van der Waals surface area contributed by atoms with E-state index >= 15 is 0 Å². The molecule has 0 aliphatic carbocycles. The van der Waals surface area contributed by atoms with E-state index < -0.39 is 12.1 Å². The van der Waals surface area contributed by atoms with Gasteiger partial charge in [0.05, 0.1) is 8.22 Å². The lowest BCUT2D eigenvalue weighted by Gasteiger charge is -2.18. The van der Waals surface area contributed by atoms with Gasteiger partial charge in [0, 0.05) is 10.8 Å². The van der Waals surface area contributed by atoms with Crippen molar-refractivity contribution in [3.8, 4) is 44.5 Å². The summed E-state index contributed by atoms with van der Waals surface area (Å²) in [7, 11) is 0. The monoisotopic (exact) mass is 628 g/mol. The molecule has 0 atom stereocenters. The van der Waals surface area contributed by atoms with Crippen LogP contribution in [0.25, 0.3) is 98.8 Å². The van der Waals surface area contributed by atoms with Crippen molar-refractivity contribution in [1.29, 1.82) is 0 Å². The van der Waals surface area contributed by atoms with E-state index in [0.717, 1.165) is 49.4 Å². The average molecular weight is 629 g/mol. The Morgan fingerprint density at radius 1 is 0.347 bits per heavy atom. The van der Waals surface area contributed by atoms with Crippen LogP contribution in [0.1, 0.15) is 8.22 Å². The summed E-state index contributed by atoms with van der Waals surface area (Å²) in [5, 5.41) is 5.61. The maximum atomic E-state index is 9.15. The third kappa shape index (κ3) is 4.55. The normalized spacial score (nSPS) is 13.4. The van der Waals surface area contributed by atoms with Gasteiger partial charge in [-0.3, -0.25) is 0 Å². The van der Waals surface area contributed by atoms with E-state index in [1.54, 1.807) is 0 Å². The number of rotatable bonds is 4. The van der Waals surface area contributed by atoms with Crippen LogP contribution < -0.4 is 0 Å². The first-order valence-corrected chi connectivity index (χ1v) is 16.4. The van der Waals surface area contributed by atoms with Gasteiger partial charge in [0.25, 0.3) is 0 Å². The van der Waals surface area contributed by atoms with Gasteiger partial charge >= 0.3 is 0 Å². The zero-order chi connectivity index (χ0) is 37.5. The molecule has 1 aromatic heterocycles. The molecule has 0 N–H and O–H groups in total. The molecular formula is C48H30O. The van der Waals surface area contributed by atoms with Gasteiger partial charge in [-0.2, -0.15) is 0 Å². The maximum Gasteiger partial charge on any atom is 0.136 e. The molecule has 0 radical (unpaired) electrons. The quantitative estimate of drug-likeness (QED) is 0.177. The Labute approximate surface area is 292 Å². The highest BCUT2D eigenvalue weighted by molar-refractivity contribution is 6.21. The molecule has 10 rings (SSSR count). The summed E-state index contributed by atoms with van der Waals surface area (Å²) in [6.07, 6.45) is 0. The summed E-state index contributed by atoms with van der Waals surface area (Å²) in [6.45, 7) is 0. The summed E-state index contributed by atoms with van der Waals surface area (Å²) in [5.41, 5.74) is 9.35. The van der Waals surface area contributed by atoms with Crippen molar-refractivity contribution in [2.75, 3.05) is 0 Å². The first kappa shape index (κ1) is 22.2. The Hall–Kier alpha value is -6.44. The molecule has 1 nitrogen and oxygen atoms in total. The van der Waals surface area contributed by atoms with Crippen molar-refractivity contribution in [2.45, 2.75) is 0 Å². The standard InChI is InChI=1S/C48H30O/c1-2-12-31(13-3-1)32-16-10-18-37(26-32)47-39-20-6-8-22-41(39)48(42-23-9-7-21-40(42)47)38-19-11-17-33(27-38)36-24-25-45-43(29-36)44-28-34-14-4-5-15-35(34)30-46(44)49-45/h1-30H/i4D,5D,14D,15D,28D,30D. The van der Waals surface area contributed by atoms with Crippen LogP contribution in [0.5, 0.6) is 0 Å². The van der Waals surface area contributed by atoms with Crippen LogP contribution in [0.3, 0.4) is 0 Å². The largest absolute Gasteiger partial charge is 0.456 e. The third-order valence-electron chi connectivity index (χ3n) is 9.54. The highest BCUT2D eigenvalue weighted by atomic mass is 16.3. The van der Waals surface area contributed by atoms with Crippen LogP contribution in [0, 0.1) is 0 Å². The molecule has 0 fully saturated rings. The number of benzene rings is 9. The number of furan rings is 1. The van der Waals surface area contributed by atoms with Gasteiger partial charge in [0.1, 0.15) is 11.2 Å². The molecule has 0 saturated heterocycles. The van der Waals surface area contributed by atoms with Gasteiger partial charge in [0.15, 0.2) is 0 Å². The second-order valence-electron chi connectivity index (χ2n) is 12.4. The van der Waals surface area contributed by atoms with E-state index in [1.165, 1.54) is 16.7 Å². The van der Waals surface area contributed by atoms with Gasteiger partial charge in [-0.25, -0.2) is 0 Å². The predicted octanol–water partition coefficient (Wildman–Crippen LogP) is 13.7. The Bertz CT molecular complexity index is 3160. The fourth-order valence-electron chi connectivity index (χ4n) is 7.32. The topological polar surface area (TPSA) is 13.1 Å². The smallest absolute Gasteiger partial charge is 0.136 e. The lowest BCUT2D eigenvalue weighted by molar-refractivity contribution is 0.669. The highest BCUT2D eigenvalue weighted by Crippen LogP contribution is 2.45. The Balaban J connectivity index is 1.17. The average Bonchev–Trinajstić information content (AvgIpc) is 3.62. The molecule has 0 bridgehead atoms. The van der Waals surface area contributed by atoms with Crippen molar-refractivity contribution in [3.05, 3.63) is 182 Å². The zero-order valence-electron chi connectivity index (χ0n) is 32.3. The van der Waals surface area contributed by atoms with Gasteiger partial charge < -0.3 is 4.42 Å².